The lowest BCUT2D eigenvalue weighted by atomic mass is 10.2. The molecule has 0 atom stereocenters. The van der Waals surface area contributed by atoms with Crippen molar-refractivity contribution in [3.05, 3.63) is 59.9 Å². The third-order valence-electron chi connectivity index (χ3n) is 3.13. The minimum Gasteiger partial charge on any atom is -0.377 e. The van der Waals surface area contributed by atoms with E-state index in [0.717, 1.165) is 23.2 Å². The molecule has 2 amide bonds. The van der Waals surface area contributed by atoms with E-state index in [1.807, 2.05) is 43.3 Å². The molecule has 2 aromatic rings. The highest BCUT2D eigenvalue weighted by molar-refractivity contribution is 5.89. The highest BCUT2D eigenvalue weighted by atomic mass is 16.5. The van der Waals surface area contributed by atoms with E-state index in [-0.39, 0.29) is 6.03 Å². The van der Waals surface area contributed by atoms with E-state index in [0.29, 0.717) is 19.8 Å². The molecule has 0 aliphatic carbocycles. The van der Waals surface area contributed by atoms with Crippen LogP contribution in [0.5, 0.6) is 0 Å². The van der Waals surface area contributed by atoms with Crippen LogP contribution in [0.15, 0.2) is 48.8 Å². The molecule has 0 saturated carbocycles. The van der Waals surface area contributed by atoms with Crippen LogP contribution in [0.25, 0.3) is 0 Å². The van der Waals surface area contributed by atoms with Crippen molar-refractivity contribution < 1.29 is 9.53 Å². The lowest BCUT2D eigenvalue weighted by molar-refractivity contribution is 0.134. The first kappa shape index (κ1) is 16.0. The summed E-state index contributed by atoms with van der Waals surface area (Å²) < 4.78 is 5.33. The maximum absolute atomic E-state index is 11.8. The monoisotopic (exact) mass is 299 g/mol. The van der Waals surface area contributed by atoms with Crippen molar-refractivity contribution in [3.8, 4) is 0 Å². The predicted octanol–water partition coefficient (Wildman–Crippen LogP) is 2.98. The summed E-state index contributed by atoms with van der Waals surface area (Å²) in [5.41, 5.74) is 3.00. The summed E-state index contributed by atoms with van der Waals surface area (Å²) >= 11 is 0. The molecule has 2 N–H and O–H groups in total. The van der Waals surface area contributed by atoms with Gasteiger partial charge in [-0.2, -0.15) is 0 Å². The lowest BCUT2D eigenvalue weighted by Gasteiger charge is -2.08. The van der Waals surface area contributed by atoms with E-state index in [4.69, 9.17) is 4.74 Å². The van der Waals surface area contributed by atoms with Crippen LogP contribution in [0.2, 0.25) is 0 Å². The highest BCUT2D eigenvalue weighted by Gasteiger charge is 2.01. The van der Waals surface area contributed by atoms with Gasteiger partial charge in [0.05, 0.1) is 6.61 Å². The first-order chi connectivity index (χ1) is 10.8. The molecule has 0 bridgehead atoms. The number of hydrogen-bond donors (Lipinski definition) is 2. The maximum atomic E-state index is 11.8. The van der Waals surface area contributed by atoms with Crippen LogP contribution < -0.4 is 10.6 Å². The molecule has 1 aromatic heterocycles. The summed E-state index contributed by atoms with van der Waals surface area (Å²) in [5, 5.41) is 5.64. The molecule has 0 aliphatic heterocycles. The van der Waals surface area contributed by atoms with Gasteiger partial charge in [-0.3, -0.25) is 4.98 Å². The Kier molecular flexibility index (Phi) is 6.39. The molecule has 0 spiro atoms. The van der Waals surface area contributed by atoms with Crippen molar-refractivity contribution in [1.82, 2.24) is 10.3 Å². The van der Waals surface area contributed by atoms with Gasteiger partial charge >= 0.3 is 6.03 Å². The Bertz CT molecular complexity index is 570. The third-order valence-corrected chi connectivity index (χ3v) is 3.13. The summed E-state index contributed by atoms with van der Waals surface area (Å²) in [6.45, 7) is 3.83. The fraction of sp³-hybridized carbons (Fsp3) is 0.294. The van der Waals surface area contributed by atoms with Gasteiger partial charge in [0.2, 0.25) is 0 Å². The smallest absolute Gasteiger partial charge is 0.319 e. The first-order valence-electron chi connectivity index (χ1n) is 7.38. The lowest BCUT2D eigenvalue weighted by Crippen LogP contribution is -2.30. The van der Waals surface area contributed by atoms with E-state index in [1.54, 1.807) is 12.4 Å². The summed E-state index contributed by atoms with van der Waals surface area (Å²) in [6.07, 6.45) is 4.28. The second-order valence-electron chi connectivity index (χ2n) is 4.82. The Labute approximate surface area is 130 Å². The molecular formula is C17H21N3O2. The standard InChI is InChI=1S/C17H21N3O2/c1-2-22-13-15-3-5-16(6-4-15)20-17(21)19-12-9-14-7-10-18-11-8-14/h3-8,10-11H,2,9,12-13H2,1H3,(H2,19,20,21). The van der Waals surface area contributed by atoms with Gasteiger partial charge in [-0.1, -0.05) is 12.1 Å². The average molecular weight is 299 g/mol. The van der Waals surface area contributed by atoms with Crippen LogP contribution in [-0.4, -0.2) is 24.2 Å². The first-order valence-corrected chi connectivity index (χ1v) is 7.38. The average Bonchev–Trinajstić information content (AvgIpc) is 2.55. The van der Waals surface area contributed by atoms with Gasteiger partial charge in [0.1, 0.15) is 0 Å². The number of pyridine rings is 1. The molecular weight excluding hydrogens is 278 g/mol. The van der Waals surface area contributed by atoms with Gasteiger partial charge in [0.25, 0.3) is 0 Å². The molecule has 1 aromatic carbocycles. The second-order valence-corrected chi connectivity index (χ2v) is 4.82. The Morgan fingerprint density at radius 1 is 1.09 bits per heavy atom. The van der Waals surface area contributed by atoms with Crippen LogP contribution in [0.3, 0.4) is 0 Å². The van der Waals surface area contributed by atoms with Crippen molar-refractivity contribution in [2.75, 3.05) is 18.5 Å². The Hall–Kier alpha value is -2.40. The summed E-state index contributed by atoms with van der Waals surface area (Å²) in [4.78, 5) is 15.8. The summed E-state index contributed by atoms with van der Waals surface area (Å²) in [6, 6.07) is 11.3. The summed E-state index contributed by atoms with van der Waals surface area (Å²) in [5.74, 6) is 0. The quantitative estimate of drug-likeness (QED) is 0.826. The van der Waals surface area contributed by atoms with Crippen molar-refractivity contribution in [2.24, 2.45) is 0 Å². The van der Waals surface area contributed by atoms with Gasteiger partial charge < -0.3 is 15.4 Å². The largest absolute Gasteiger partial charge is 0.377 e. The number of benzene rings is 1. The minimum absolute atomic E-state index is 0.202. The number of hydrogen-bond acceptors (Lipinski definition) is 3. The van der Waals surface area contributed by atoms with Gasteiger partial charge in [-0.15, -0.1) is 0 Å². The molecule has 1 heterocycles. The zero-order chi connectivity index (χ0) is 15.6. The number of carbonyl (C=O) groups excluding carboxylic acids is 1. The number of ether oxygens (including phenoxy) is 1. The Balaban J connectivity index is 1.72. The number of urea groups is 1. The molecule has 0 saturated heterocycles. The SMILES string of the molecule is CCOCc1ccc(NC(=O)NCCc2ccncc2)cc1. The van der Waals surface area contributed by atoms with Crippen LogP contribution in [0.4, 0.5) is 10.5 Å². The van der Waals surface area contributed by atoms with Crippen molar-refractivity contribution in [1.29, 1.82) is 0 Å². The van der Waals surface area contributed by atoms with Crippen LogP contribution in [0.1, 0.15) is 18.1 Å². The second kappa shape index (κ2) is 8.79. The number of anilines is 1. The number of rotatable bonds is 7. The molecule has 0 unspecified atom stereocenters. The van der Waals surface area contributed by atoms with E-state index in [2.05, 4.69) is 15.6 Å². The topological polar surface area (TPSA) is 63.2 Å². The van der Waals surface area contributed by atoms with Crippen LogP contribution in [0, 0.1) is 0 Å². The van der Waals surface area contributed by atoms with Crippen molar-refractivity contribution >= 4 is 11.7 Å². The number of nitrogens with one attached hydrogen (secondary N) is 2. The van der Waals surface area contributed by atoms with Gasteiger partial charge in [0, 0.05) is 31.2 Å². The fourth-order valence-corrected chi connectivity index (χ4v) is 1.95. The van der Waals surface area contributed by atoms with Gasteiger partial charge in [-0.05, 0) is 48.7 Å². The molecule has 5 nitrogen and oxygen atoms in total. The molecule has 22 heavy (non-hydrogen) atoms. The molecule has 0 radical (unpaired) electrons. The van der Waals surface area contributed by atoms with E-state index >= 15 is 0 Å². The predicted molar refractivity (Wildman–Crippen MR) is 86.7 cm³/mol. The number of nitrogens with zero attached hydrogens (tertiary/aromatic N) is 1. The molecule has 5 heteroatoms. The zero-order valence-corrected chi connectivity index (χ0v) is 12.7. The van der Waals surface area contributed by atoms with E-state index < -0.39 is 0 Å². The number of aromatic nitrogens is 1. The van der Waals surface area contributed by atoms with Crippen LogP contribution >= 0.6 is 0 Å². The Morgan fingerprint density at radius 3 is 2.50 bits per heavy atom. The minimum atomic E-state index is -0.202. The molecule has 0 aliphatic rings. The highest BCUT2D eigenvalue weighted by Crippen LogP contribution is 2.10. The van der Waals surface area contributed by atoms with E-state index in [9.17, 15) is 4.79 Å². The van der Waals surface area contributed by atoms with Crippen molar-refractivity contribution in [2.45, 2.75) is 20.0 Å². The Morgan fingerprint density at radius 2 is 1.82 bits per heavy atom. The zero-order valence-electron chi connectivity index (χ0n) is 12.7. The molecule has 2 rings (SSSR count). The number of amides is 2. The number of carbonyl (C=O) groups is 1. The van der Waals surface area contributed by atoms with Crippen LogP contribution in [-0.2, 0) is 17.8 Å². The maximum Gasteiger partial charge on any atom is 0.319 e. The normalized spacial score (nSPS) is 10.2. The summed E-state index contributed by atoms with van der Waals surface area (Å²) in [7, 11) is 0. The molecule has 0 fully saturated rings. The van der Waals surface area contributed by atoms with Crippen molar-refractivity contribution in [3.63, 3.8) is 0 Å². The van der Waals surface area contributed by atoms with Gasteiger partial charge in [-0.25, -0.2) is 4.79 Å². The third kappa shape index (κ3) is 5.54. The van der Waals surface area contributed by atoms with E-state index in [1.165, 1.54) is 0 Å². The van der Waals surface area contributed by atoms with Gasteiger partial charge in [0.15, 0.2) is 0 Å². The molecule has 116 valence electrons. The fourth-order valence-electron chi connectivity index (χ4n) is 1.95.